The molecule has 0 aliphatic heterocycles. The monoisotopic (exact) mass is 438 g/mol. The van der Waals surface area contributed by atoms with E-state index < -0.39 is 0 Å². The molecule has 3 aromatic rings. The van der Waals surface area contributed by atoms with Gasteiger partial charge in [-0.25, -0.2) is 0 Å². The second-order valence-electron chi connectivity index (χ2n) is 4.46. The van der Waals surface area contributed by atoms with Crippen LogP contribution in [0.1, 0.15) is 0 Å². The first kappa shape index (κ1) is 15.9. The molecule has 0 saturated carbocycles. The Labute approximate surface area is 150 Å². The van der Waals surface area contributed by atoms with E-state index in [0.717, 1.165) is 14.8 Å². The van der Waals surface area contributed by atoms with Crippen molar-refractivity contribution in [1.29, 1.82) is 0 Å². The average Bonchev–Trinajstić information content (AvgIpc) is 3.03. The van der Waals surface area contributed by atoms with E-state index in [1.807, 2.05) is 30.3 Å². The van der Waals surface area contributed by atoms with Crippen LogP contribution in [0.4, 0.5) is 5.69 Å². The van der Waals surface area contributed by atoms with Crippen LogP contribution in [0, 0.1) is 3.57 Å². The molecule has 2 aromatic heterocycles. The van der Waals surface area contributed by atoms with E-state index in [4.69, 9.17) is 4.42 Å². The molecule has 1 aromatic carbocycles. The van der Waals surface area contributed by atoms with Gasteiger partial charge in [0, 0.05) is 21.7 Å². The van der Waals surface area contributed by atoms with Gasteiger partial charge in [-0.05, 0) is 52.9 Å². The molecule has 0 aliphatic carbocycles. The summed E-state index contributed by atoms with van der Waals surface area (Å²) in [6.45, 7) is 0. The molecule has 0 spiro atoms. The van der Waals surface area contributed by atoms with Crippen molar-refractivity contribution >= 4 is 45.9 Å². The lowest BCUT2D eigenvalue weighted by Gasteiger charge is -2.04. The largest absolute Gasteiger partial charge is 0.411 e. The maximum absolute atomic E-state index is 11.9. The second kappa shape index (κ2) is 7.55. The van der Waals surface area contributed by atoms with Gasteiger partial charge in [-0.15, -0.1) is 10.2 Å². The van der Waals surface area contributed by atoms with Crippen molar-refractivity contribution in [2.75, 3.05) is 11.1 Å². The molecular weight excluding hydrogens is 427 g/mol. The third kappa shape index (κ3) is 4.52. The Morgan fingerprint density at radius 3 is 2.96 bits per heavy atom. The summed E-state index contributed by atoms with van der Waals surface area (Å²) in [6, 6.07) is 11.2. The van der Waals surface area contributed by atoms with Crippen LogP contribution in [0.15, 0.2) is 58.4 Å². The first-order valence-electron chi connectivity index (χ1n) is 6.63. The van der Waals surface area contributed by atoms with Gasteiger partial charge in [0.15, 0.2) is 0 Å². The number of anilines is 1. The van der Waals surface area contributed by atoms with Crippen LogP contribution in [-0.2, 0) is 4.79 Å². The van der Waals surface area contributed by atoms with Crippen molar-refractivity contribution in [3.05, 3.63) is 52.4 Å². The Balaban J connectivity index is 1.56. The van der Waals surface area contributed by atoms with Gasteiger partial charge in [-0.1, -0.05) is 17.8 Å². The third-order valence-corrected chi connectivity index (χ3v) is 4.24. The van der Waals surface area contributed by atoms with Gasteiger partial charge in [-0.2, -0.15) is 0 Å². The van der Waals surface area contributed by atoms with Crippen molar-refractivity contribution in [2.24, 2.45) is 0 Å². The summed E-state index contributed by atoms with van der Waals surface area (Å²) >= 11 is 3.39. The van der Waals surface area contributed by atoms with Gasteiger partial charge in [0.25, 0.3) is 5.22 Å². The zero-order chi connectivity index (χ0) is 16.1. The summed E-state index contributed by atoms with van der Waals surface area (Å²) in [5, 5.41) is 11.0. The predicted octanol–water partition coefficient (Wildman–Crippen LogP) is 3.47. The molecule has 0 atom stereocenters. The molecule has 116 valence electrons. The van der Waals surface area contributed by atoms with Crippen LogP contribution in [0.3, 0.4) is 0 Å². The van der Waals surface area contributed by atoms with Crippen LogP contribution in [0.2, 0.25) is 0 Å². The van der Waals surface area contributed by atoms with Crippen molar-refractivity contribution in [2.45, 2.75) is 5.22 Å². The summed E-state index contributed by atoms with van der Waals surface area (Å²) in [4.78, 5) is 15.9. The van der Waals surface area contributed by atoms with E-state index >= 15 is 0 Å². The molecule has 1 N–H and O–H groups in total. The van der Waals surface area contributed by atoms with Crippen LogP contribution >= 0.6 is 34.4 Å². The maximum atomic E-state index is 11.9. The van der Waals surface area contributed by atoms with E-state index in [1.165, 1.54) is 11.8 Å². The van der Waals surface area contributed by atoms with Gasteiger partial charge >= 0.3 is 0 Å². The highest BCUT2D eigenvalue weighted by molar-refractivity contribution is 14.1. The average molecular weight is 438 g/mol. The zero-order valence-electron chi connectivity index (χ0n) is 11.8. The van der Waals surface area contributed by atoms with Crippen molar-refractivity contribution < 1.29 is 9.21 Å². The molecule has 6 nitrogen and oxygen atoms in total. The first-order valence-corrected chi connectivity index (χ1v) is 8.69. The van der Waals surface area contributed by atoms with E-state index in [9.17, 15) is 4.79 Å². The highest BCUT2D eigenvalue weighted by Gasteiger charge is 2.11. The third-order valence-electron chi connectivity index (χ3n) is 2.75. The number of nitrogens with zero attached hydrogens (tertiary/aromatic N) is 3. The number of amides is 1. The number of nitrogens with one attached hydrogen (secondary N) is 1. The molecule has 0 unspecified atom stereocenters. The summed E-state index contributed by atoms with van der Waals surface area (Å²) in [6.07, 6.45) is 3.32. The number of carbonyl (C=O) groups is 1. The number of thioether (sulfide) groups is 1. The van der Waals surface area contributed by atoms with Gasteiger partial charge in [0.05, 0.1) is 11.3 Å². The summed E-state index contributed by atoms with van der Waals surface area (Å²) in [5.41, 5.74) is 1.51. The molecular formula is C15H11IN4O2S. The number of aromatic nitrogens is 3. The van der Waals surface area contributed by atoms with Crippen molar-refractivity contribution in [3.8, 4) is 11.5 Å². The molecule has 0 bridgehead atoms. The fourth-order valence-electron chi connectivity index (χ4n) is 1.76. The minimum atomic E-state index is -0.127. The first-order chi connectivity index (χ1) is 11.2. The number of carbonyl (C=O) groups excluding carboxylic acids is 1. The van der Waals surface area contributed by atoms with Gasteiger partial charge in [0.2, 0.25) is 11.8 Å². The van der Waals surface area contributed by atoms with Crippen LogP contribution < -0.4 is 5.32 Å². The van der Waals surface area contributed by atoms with E-state index in [1.54, 1.807) is 18.5 Å². The molecule has 2 heterocycles. The van der Waals surface area contributed by atoms with Crippen LogP contribution in [0.25, 0.3) is 11.5 Å². The predicted molar refractivity (Wildman–Crippen MR) is 96.0 cm³/mol. The Bertz CT molecular complexity index is 810. The molecule has 1 amide bonds. The highest BCUT2D eigenvalue weighted by Crippen LogP contribution is 2.22. The lowest BCUT2D eigenvalue weighted by Crippen LogP contribution is -2.13. The molecule has 0 radical (unpaired) electrons. The summed E-state index contributed by atoms with van der Waals surface area (Å²) in [5.74, 6) is 0.455. The molecule has 0 saturated heterocycles. The van der Waals surface area contributed by atoms with Gasteiger partial charge in [-0.3, -0.25) is 9.78 Å². The Morgan fingerprint density at radius 1 is 1.26 bits per heavy atom. The fraction of sp³-hybridized carbons (Fsp3) is 0.0667. The zero-order valence-corrected chi connectivity index (χ0v) is 14.7. The second-order valence-corrected chi connectivity index (χ2v) is 6.63. The molecule has 0 aliphatic rings. The van der Waals surface area contributed by atoms with Crippen LogP contribution in [0.5, 0.6) is 0 Å². The number of hydrogen-bond donors (Lipinski definition) is 1. The smallest absolute Gasteiger partial charge is 0.277 e. The molecule has 3 rings (SSSR count). The lowest BCUT2D eigenvalue weighted by molar-refractivity contribution is -0.113. The number of benzene rings is 1. The molecule has 0 fully saturated rings. The highest BCUT2D eigenvalue weighted by atomic mass is 127. The normalized spacial score (nSPS) is 10.5. The van der Waals surface area contributed by atoms with Crippen molar-refractivity contribution in [1.82, 2.24) is 15.2 Å². The Morgan fingerprint density at radius 2 is 2.17 bits per heavy atom. The number of halogens is 1. The SMILES string of the molecule is O=C(CSc1nnc(-c2cccnc2)o1)Nc1cccc(I)c1. The van der Waals surface area contributed by atoms with Crippen molar-refractivity contribution in [3.63, 3.8) is 0 Å². The Hall–Kier alpha value is -1.94. The summed E-state index contributed by atoms with van der Waals surface area (Å²) in [7, 11) is 0. The van der Waals surface area contributed by atoms with Gasteiger partial charge < -0.3 is 9.73 Å². The topological polar surface area (TPSA) is 80.9 Å². The summed E-state index contributed by atoms with van der Waals surface area (Å²) < 4.78 is 6.57. The minimum Gasteiger partial charge on any atom is -0.411 e. The Kier molecular flexibility index (Phi) is 5.23. The van der Waals surface area contributed by atoms with E-state index in [0.29, 0.717) is 11.1 Å². The standard InChI is InChI=1S/C15H11IN4O2S/c16-11-4-1-5-12(7-11)18-13(21)9-23-15-20-19-14(22-15)10-3-2-6-17-8-10/h1-8H,9H2,(H,18,21). The van der Waals surface area contributed by atoms with Crippen LogP contribution in [-0.4, -0.2) is 26.8 Å². The number of rotatable bonds is 5. The molecule has 8 heteroatoms. The van der Waals surface area contributed by atoms with E-state index in [2.05, 4.69) is 43.1 Å². The number of pyridine rings is 1. The quantitative estimate of drug-likeness (QED) is 0.486. The van der Waals surface area contributed by atoms with E-state index in [-0.39, 0.29) is 11.7 Å². The van der Waals surface area contributed by atoms with Gasteiger partial charge in [0.1, 0.15) is 0 Å². The number of hydrogen-bond acceptors (Lipinski definition) is 6. The minimum absolute atomic E-state index is 0.127. The lowest BCUT2D eigenvalue weighted by atomic mass is 10.3. The fourth-order valence-corrected chi connectivity index (χ4v) is 2.87. The molecule has 23 heavy (non-hydrogen) atoms. The maximum Gasteiger partial charge on any atom is 0.277 e.